The van der Waals surface area contributed by atoms with Gasteiger partial charge in [0.05, 0.1) is 9.40 Å². The molecule has 0 spiro atoms. The second-order valence-corrected chi connectivity index (χ2v) is 4.31. The van der Waals surface area contributed by atoms with Gasteiger partial charge in [0, 0.05) is 24.0 Å². The number of nitro groups is 1. The van der Waals surface area contributed by atoms with E-state index in [1.54, 1.807) is 24.5 Å². The van der Waals surface area contributed by atoms with Crippen LogP contribution in [0.15, 0.2) is 47.2 Å². The smallest absolute Gasteiger partial charge is 0.268 e. The summed E-state index contributed by atoms with van der Waals surface area (Å²) in [4.78, 5) is 22.0. The van der Waals surface area contributed by atoms with Crippen molar-refractivity contribution in [1.29, 1.82) is 0 Å². The Balaban J connectivity index is 2.26. The molecule has 1 heterocycles. The quantitative estimate of drug-likeness (QED) is 0.699. The van der Waals surface area contributed by atoms with Crippen molar-refractivity contribution in [3.05, 3.63) is 62.9 Å². The molecular formula is C11H8BrN3O3. The molecule has 2 rings (SSSR count). The number of amides is 1. The highest BCUT2D eigenvalue weighted by atomic mass is 79.9. The van der Waals surface area contributed by atoms with Crippen LogP contribution in [0.25, 0.3) is 0 Å². The fourth-order valence-corrected chi connectivity index (χ4v) is 1.78. The van der Waals surface area contributed by atoms with Crippen molar-refractivity contribution in [2.24, 2.45) is 0 Å². The van der Waals surface area contributed by atoms with Gasteiger partial charge in [0.15, 0.2) is 0 Å². The highest BCUT2D eigenvalue weighted by Gasteiger charge is 2.15. The lowest BCUT2D eigenvalue weighted by atomic mass is 10.2. The average Bonchev–Trinajstić information content (AvgIpc) is 2.81. The number of nitrogens with zero attached hydrogens (tertiary/aromatic N) is 2. The number of halogens is 1. The molecule has 1 aromatic carbocycles. The second kappa shape index (κ2) is 5.01. The Hall–Kier alpha value is -2.15. The van der Waals surface area contributed by atoms with Gasteiger partial charge in [-0.05, 0) is 40.2 Å². The average molecular weight is 310 g/mol. The zero-order chi connectivity index (χ0) is 13.1. The molecular weight excluding hydrogens is 302 g/mol. The number of nitrogens with one attached hydrogen (secondary N) is 1. The van der Waals surface area contributed by atoms with Crippen LogP contribution < -0.4 is 5.43 Å². The molecule has 0 saturated carbocycles. The lowest BCUT2D eigenvalue weighted by Gasteiger charge is -2.06. The summed E-state index contributed by atoms with van der Waals surface area (Å²) in [6, 6.07) is 7.72. The molecule has 1 amide bonds. The van der Waals surface area contributed by atoms with Crippen molar-refractivity contribution in [3.63, 3.8) is 0 Å². The second-order valence-electron chi connectivity index (χ2n) is 3.45. The van der Waals surface area contributed by atoms with Crippen molar-refractivity contribution in [2.75, 3.05) is 5.43 Å². The minimum atomic E-state index is -0.545. The van der Waals surface area contributed by atoms with Crippen molar-refractivity contribution >= 4 is 27.5 Å². The van der Waals surface area contributed by atoms with Gasteiger partial charge in [-0.2, -0.15) is 0 Å². The summed E-state index contributed by atoms with van der Waals surface area (Å²) in [5, 5.41) is 10.8. The molecule has 1 aromatic heterocycles. The van der Waals surface area contributed by atoms with Crippen LogP contribution in [0.5, 0.6) is 0 Å². The highest BCUT2D eigenvalue weighted by Crippen LogP contribution is 2.25. The maximum absolute atomic E-state index is 11.8. The molecule has 92 valence electrons. The highest BCUT2D eigenvalue weighted by molar-refractivity contribution is 9.10. The van der Waals surface area contributed by atoms with E-state index in [4.69, 9.17) is 0 Å². The topological polar surface area (TPSA) is 77.2 Å². The molecule has 0 radical (unpaired) electrons. The first kappa shape index (κ1) is 12.3. The molecule has 2 aromatic rings. The molecule has 0 saturated heterocycles. The van der Waals surface area contributed by atoms with Gasteiger partial charge in [0.25, 0.3) is 11.6 Å². The Morgan fingerprint density at radius 3 is 2.61 bits per heavy atom. The van der Waals surface area contributed by atoms with Crippen LogP contribution in [-0.4, -0.2) is 15.5 Å². The summed E-state index contributed by atoms with van der Waals surface area (Å²) in [5.74, 6) is -0.415. The Labute approximate surface area is 110 Å². The first-order valence-electron chi connectivity index (χ1n) is 4.96. The normalized spacial score (nSPS) is 10.1. The summed E-state index contributed by atoms with van der Waals surface area (Å²) in [6.45, 7) is 0. The van der Waals surface area contributed by atoms with Crippen LogP contribution in [0.3, 0.4) is 0 Å². The Morgan fingerprint density at radius 1 is 1.33 bits per heavy atom. The molecule has 0 aliphatic heterocycles. The minimum absolute atomic E-state index is 0.143. The zero-order valence-electron chi connectivity index (χ0n) is 9.04. The van der Waals surface area contributed by atoms with Crippen molar-refractivity contribution in [3.8, 4) is 0 Å². The van der Waals surface area contributed by atoms with E-state index in [0.29, 0.717) is 4.47 Å². The molecule has 6 nitrogen and oxygen atoms in total. The van der Waals surface area contributed by atoms with Crippen LogP contribution in [0.1, 0.15) is 10.4 Å². The number of rotatable bonds is 3. The van der Waals surface area contributed by atoms with Gasteiger partial charge in [-0.3, -0.25) is 25.0 Å². The van der Waals surface area contributed by atoms with E-state index in [1.165, 1.54) is 22.9 Å². The predicted octanol–water partition coefficient (Wildman–Crippen LogP) is 2.54. The minimum Gasteiger partial charge on any atom is -0.268 e. The summed E-state index contributed by atoms with van der Waals surface area (Å²) in [5.41, 5.74) is 2.64. The molecule has 1 N–H and O–H groups in total. The number of hydrogen-bond donors (Lipinski definition) is 1. The van der Waals surface area contributed by atoms with Crippen molar-refractivity contribution in [1.82, 2.24) is 4.68 Å². The first-order valence-corrected chi connectivity index (χ1v) is 5.75. The van der Waals surface area contributed by atoms with Crippen LogP contribution in [0.4, 0.5) is 5.69 Å². The van der Waals surface area contributed by atoms with Crippen LogP contribution in [-0.2, 0) is 0 Å². The molecule has 0 atom stereocenters. The van der Waals surface area contributed by atoms with E-state index < -0.39 is 10.8 Å². The molecule has 0 bridgehead atoms. The van der Waals surface area contributed by atoms with E-state index in [0.717, 1.165) is 0 Å². The monoisotopic (exact) mass is 309 g/mol. The van der Waals surface area contributed by atoms with Crippen molar-refractivity contribution in [2.45, 2.75) is 0 Å². The van der Waals surface area contributed by atoms with E-state index in [-0.39, 0.29) is 11.3 Å². The molecule has 0 aliphatic rings. The van der Waals surface area contributed by atoms with Gasteiger partial charge < -0.3 is 0 Å². The summed E-state index contributed by atoms with van der Waals surface area (Å²) >= 11 is 3.06. The molecule has 7 heteroatoms. The number of benzene rings is 1. The maximum Gasteiger partial charge on any atom is 0.284 e. The maximum atomic E-state index is 11.8. The van der Waals surface area contributed by atoms with Gasteiger partial charge in [-0.25, -0.2) is 0 Å². The lowest BCUT2D eigenvalue weighted by Crippen LogP contribution is -2.21. The SMILES string of the molecule is O=C(Nn1cccc1)c1ccc(Br)c([N+](=O)[O-])c1. The van der Waals surface area contributed by atoms with E-state index in [2.05, 4.69) is 21.4 Å². The number of carbonyl (C=O) groups excluding carboxylic acids is 1. The van der Waals surface area contributed by atoms with Gasteiger partial charge in [0.2, 0.25) is 0 Å². The van der Waals surface area contributed by atoms with E-state index in [1.807, 2.05) is 0 Å². The van der Waals surface area contributed by atoms with Gasteiger partial charge in [-0.15, -0.1) is 0 Å². The number of aromatic nitrogens is 1. The largest absolute Gasteiger partial charge is 0.284 e. The third-order valence-corrected chi connectivity index (χ3v) is 2.91. The Morgan fingerprint density at radius 2 is 2.00 bits per heavy atom. The lowest BCUT2D eigenvalue weighted by molar-refractivity contribution is -0.385. The predicted molar refractivity (Wildman–Crippen MR) is 68.9 cm³/mol. The van der Waals surface area contributed by atoms with Crippen LogP contribution >= 0.6 is 15.9 Å². The third kappa shape index (κ3) is 2.57. The van der Waals surface area contributed by atoms with Gasteiger partial charge in [-0.1, -0.05) is 0 Å². The number of nitro benzene ring substituents is 1. The molecule has 18 heavy (non-hydrogen) atoms. The standard InChI is InChI=1S/C11H8BrN3O3/c12-9-4-3-8(7-10(9)15(17)18)11(16)13-14-5-1-2-6-14/h1-7H,(H,13,16). The fourth-order valence-electron chi connectivity index (χ4n) is 1.38. The molecule has 0 unspecified atom stereocenters. The number of hydrogen-bond acceptors (Lipinski definition) is 3. The summed E-state index contributed by atoms with van der Waals surface area (Å²) in [6.07, 6.45) is 3.32. The number of carbonyl (C=O) groups is 1. The van der Waals surface area contributed by atoms with Crippen LogP contribution in [0, 0.1) is 10.1 Å². The van der Waals surface area contributed by atoms with E-state index >= 15 is 0 Å². The summed E-state index contributed by atoms with van der Waals surface area (Å²) < 4.78 is 1.81. The Kier molecular flexibility index (Phi) is 3.42. The van der Waals surface area contributed by atoms with Gasteiger partial charge >= 0.3 is 0 Å². The fraction of sp³-hybridized carbons (Fsp3) is 0. The third-order valence-electron chi connectivity index (χ3n) is 2.24. The van der Waals surface area contributed by atoms with Crippen LogP contribution in [0.2, 0.25) is 0 Å². The first-order chi connectivity index (χ1) is 8.58. The Bertz CT molecular complexity index is 596. The summed E-state index contributed by atoms with van der Waals surface area (Å²) in [7, 11) is 0. The van der Waals surface area contributed by atoms with Gasteiger partial charge in [0.1, 0.15) is 0 Å². The molecule has 0 fully saturated rings. The zero-order valence-corrected chi connectivity index (χ0v) is 10.6. The molecule has 0 aliphatic carbocycles. The van der Waals surface area contributed by atoms with Crippen molar-refractivity contribution < 1.29 is 9.72 Å². The van der Waals surface area contributed by atoms with E-state index in [9.17, 15) is 14.9 Å².